The van der Waals surface area contributed by atoms with Gasteiger partial charge >= 0.3 is 0 Å². The molecule has 0 saturated carbocycles. The first kappa shape index (κ1) is 15.4. The number of nitrogens with two attached hydrogens (primary N) is 1. The van der Waals surface area contributed by atoms with Gasteiger partial charge in [-0.15, -0.1) is 23.7 Å². The fraction of sp³-hybridized carbons (Fsp3) is 0.667. The first-order chi connectivity index (χ1) is 8.03. The summed E-state index contributed by atoms with van der Waals surface area (Å²) in [7, 11) is 0. The lowest BCUT2D eigenvalue weighted by molar-refractivity contribution is -0.123. The van der Waals surface area contributed by atoms with E-state index < -0.39 is 5.41 Å². The first-order valence-corrected chi connectivity index (χ1v) is 6.84. The van der Waals surface area contributed by atoms with Crippen LogP contribution in [0.3, 0.4) is 0 Å². The molecule has 0 bridgehead atoms. The normalized spacial score (nSPS) is 14.6. The number of carbonyl (C=O) groups excluding carboxylic acids is 1. The minimum atomic E-state index is -0.536. The van der Waals surface area contributed by atoms with Crippen LogP contribution in [0.4, 0.5) is 5.13 Å². The molecule has 0 unspecified atom stereocenters. The molecule has 1 aromatic heterocycles. The van der Waals surface area contributed by atoms with E-state index in [4.69, 9.17) is 5.73 Å². The molecule has 1 aromatic rings. The van der Waals surface area contributed by atoms with Crippen molar-refractivity contribution >= 4 is 34.8 Å². The molecule has 0 fully saturated rings. The van der Waals surface area contributed by atoms with E-state index in [-0.39, 0.29) is 18.3 Å². The van der Waals surface area contributed by atoms with Crippen molar-refractivity contribution < 1.29 is 4.79 Å². The maximum absolute atomic E-state index is 12.0. The predicted molar refractivity (Wildman–Crippen MR) is 77.5 cm³/mol. The Balaban J connectivity index is 0.00000162. The number of aryl methyl sites for hydroxylation is 2. The predicted octanol–water partition coefficient (Wildman–Crippen LogP) is 2.37. The molecule has 0 atom stereocenters. The van der Waals surface area contributed by atoms with Crippen LogP contribution in [0.1, 0.15) is 37.3 Å². The van der Waals surface area contributed by atoms with Crippen LogP contribution in [0, 0.1) is 5.41 Å². The molecule has 1 aliphatic carbocycles. The summed E-state index contributed by atoms with van der Waals surface area (Å²) >= 11 is 1.61. The molecule has 6 heteroatoms. The zero-order valence-corrected chi connectivity index (χ0v) is 12.4. The Labute approximate surface area is 118 Å². The van der Waals surface area contributed by atoms with Gasteiger partial charge in [-0.05, 0) is 39.5 Å². The highest BCUT2D eigenvalue weighted by atomic mass is 35.5. The van der Waals surface area contributed by atoms with Crippen molar-refractivity contribution in [3.05, 3.63) is 10.6 Å². The Kier molecular flexibility index (Phi) is 5.13. The number of anilines is 1. The number of nitrogens with one attached hydrogen (secondary N) is 1. The van der Waals surface area contributed by atoms with Gasteiger partial charge in [-0.2, -0.15) is 0 Å². The van der Waals surface area contributed by atoms with Crippen molar-refractivity contribution in [2.75, 3.05) is 11.9 Å². The van der Waals surface area contributed by atoms with Crippen molar-refractivity contribution in [1.29, 1.82) is 0 Å². The number of hydrogen-bond donors (Lipinski definition) is 2. The van der Waals surface area contributed by atoms with Crippen LogP contribution >= 0.6 is 23.7 Å². The summed E-state index contributed by atoms with van der Waals surface area (Å²) in [5, 5.41) is 3.60. The summed E-state index contributed by atoms with van der Waals surface area (Å²) in [6.45, 7) is 4.02. The van der Waals surface area contributed by atoms with Crippen LogP contribution < -0.4 is 11.1 Å². The third kappa shape index (κ3) is 3.22. The maximum atomic E-state index is 12.0. The van der Waals surface area contributed by atoms with Crippen LogP contribution in [0.25, 0.3) is 0 Å². The van der Waals surface area contributed by atoms with Gasteiger partial charge in [0.05, 0.1) is 11.1 Å². The molecular weight excluding hydrogens is 270 g/mol. The number of amides is 1. The molecule has 0 aliphatic heterocycles. The molecule has 0 aromatic carbocycles. The Hall–Kier alpha value is -0.650. The number of fused-ring (bicyclic) bond motifs is 1. The SMILES string of the molecule is CC(C)(CN)C(=O)Nc1nc2c(s1)CCCC2.Cl. The Morgan fingerprint density at radius 2 is 2.11 bits per heavy atom. The first-order valence-electron chi connectivity index (χ1n) is 6.03. The van der Waals surface area contributed by atoms with Gasteiger partial charge in [0.15, 0.2) is 5.13 Å². The van der Waals surface area contributed by atoms with Crippen LogP contribution in [0.15, 0.2) is 0 Å². The van der Waals surface area contributed by atoms with Gasteiger partial charge in [-0.3, -0.25) is 4.79 Å². The minimum absolute atomic E-state index is 0. The van der Waals surface area contributed by atoms with E-state index in [0.717, 1.165) is 18.0 Å². The highest BCUT2D eigenvalue weighted by Gasteiger charge is 2.27. The van der Waals surface area contributed by atoms with E-state index in [1.165, 1.54) is 23.4 Å². The lowest BCUT2D eigenvalue weighted by Gasteiger charge is -2.19. The molecule has 3 N–H and O–H groups in total. The zero-order valence-electron chi connectivity index (χ0n) is 10.8. The highest BCUT2D eigenvalue weighted by Crippen LogP contribution is 2.30. The standard InChI is InChI=1S/C12H19N3OS.ClH/c1-12(2,7-13)10(16)15-11-14-8-5-3-4-6-9(8)17-11;/h3-7,13H2,1-2H3,(H,14,15,16);1H. The van der Waals surface area contributed by atoms with Crippen LogP contribution in [0.2, 0.25) is 0 Å². The molecule has 1 aliphatic rings. The lowest BCUT2D eigenvalue weighted by atomic mass is 9.93. The van der Waals surface area contributed by atoms with E-state index in [2.05, 4.69) is 10.3 Å². The van der Waals surface area contributed by atoms with E-state index in [1.807, 2.05) is 13.8 Å². The van der Waals surface area contributed by atoms with E-state index in [0.29, 0.717) is 6.54 Å². The fourth-order valence-corrected chi connectivity index (χ4v) is 2.81. The number of rotatable bonds is 3. The Morgan fingerprint density at radius 1 is 1.44 bits per heavy atom. The fourth-order valence-electron chi connectivity index (χ4n) is 1.76. The van der Waals surface area contributed by atoms with Crippen LogP contribution in [-0.2, 0) is 17.6 Å². The average molecular weight is 290 g/mol. The van der Waals surface area contributed by atoms with Crippen molar-refractivity contribution in [3.8, 4) is 0 Å². The Bertz CT molecular complexity index is 407. The Morgan fingerprint density at radius 3 is 2.72 bits per heavy atom. The minimum Gasteiger partial charge on any atom is -0.329 e. The van der Waals surface area contributed by atoms with Gasteiger partial charge in [0, 0.05) is 11.4 Å². The van der Waals surface area contributed by atoms with Crippen LogP contribution in [0.5, 0.6) is 0 Å². The summed E-state index contributed by atoms with van der Waals surface area (Å²) in [5.74, 6) is -0.0499. The number of halogens is 1. The van der Waals surface area contributed by atoms with E-state index >= 15 is 0 Å². The van der Waals surface area contributed by atoms with Crippen molar-refractivity contribution in [3.63, 3.8) is 0 Å². The third-order valence-corrected chi connectivity index (χ3v) is 4.26. The summed E-state index contributed by atoms with van der Waals surface area (Å²) in [6, 6.07) is 0. The zero-order chi connectivity index (χ0) is 12.5. The van der Waals surface area contributed by atoms with Gasteiger partial charge in [0.25, 0.3) is 0 Å². The van der Waals surface area contributed by atoms with Gasteiger partial charge < -0.3 is 11.1 Å². The van der Waals surface area contributed by atoms with Gasteiger partial charge in [-0.25, -0.2) is 4.98 Å². The molecule has 0 saturated heterocycles. The summed E-state index contributed by atoms with van der Waals surface area (Å²) in [6.07, 6.45) is 4.58. The second-order valence-electron chi connectivity index (χ2n) is 5.14. The molecule has 1 amide bonds. The smallest absolute Gasteiger partial charge is 0.233 e. The molecule has 2 rings (SSSR count). The van der Waals surface area contributed by atoms with E-state index in [1.54, 1.807) is 11.3 Å². The third-order valence-electron chi connectivity index (χ3n) is 3.19. The molecule has 0 radical (unpaired) electrons. The molecular formula is C12H20ClN3OS. The van der Waals surface area contributed by atoms with Crippen LogP contribution in [-0.4, -0.2) is 17.4 Å². The largest absolute Gasteiger partial charge is 0.329 e. The summed E-state index contributed by atoms with van der Waals surface area (Å²) in [4.78, 5) is 17.8. The second-order valence-corrected chi connectivity index (χ2v) is 6.22. The summed E-state index contributed by atoms with van der Waals surface area (Å²) < 4.78 is 0. The highest BCUT2D eigenvalue weighted by molar-refractivity contribution is 7.15. The molecule has 102 valence electrons. The quantitative estimate of drug-likeness (QED) is 0.898. The average Bonchev–Trinajstić information content (AvgIpc) is 2.70. The molecule has 4 nitrogen and oxygen atoms in total. The second kappa shape index (κ2) is 5.99. The number of nitrogens with zero attached hydrogens (tertiary/aromatic N) is 1. The monoisotopic (exact) mass is 289 g/mol. The van der Waals surface area contributed by atoms with E-state index in [9.17, 15) is 4.79 Å². The van der Waals surface area contributed by atoms with Crippen molar-refractivity contribution in [2.24, 2.45) is 11.1 Å². The van der Waals surface area contributed by atoms with Gasteiger partial charge in [-0.1, -0.05) is 0 Å². The molecule has 18 heavy (non-hydrogen) atoms. The number of thiazole rings is 1. The lowest BCUT2D eigenvalue weighted by Crippen LogP contribution is -2.37. The van der Waals surface area contributed by atoms with Gasteiger partial charge in [0.2, 0.25) is 5.91 Å². The topological polar surface area (TPSA) is 68.0 Å². The molecule has 1 heterocycles. The number of carbonyl (C=O) groups is 1. The summed E-state index contributed by atoms with van der Waals surface area (Å²) in [5.41, 5.74) is 6.21. The maximum Gasteiger partial charge on any atom is 0.233 e. The van der Waals surface area contributed by atoms with Gasteiger partial charge in [0.1, 0.15) is 0 Å². The van der Waals surface area contributed by atoms with Crippen molar-refractivity contribution in [1.82, 2.24) is 4.98 Å². The molecule has 0 spiro atoms. The van der Waals surface area contributed by atoms with Crippen molar-refractivity contribution in [2.45, 2.75) is 39.5 Å². The number of hydrogen-bond acceptors (Lipinski definition) is 4. The number of aromatic nitrogens is 1.